The van der Waals surface area contributed by atoms with Crippen molar-refractivity contribution in [1.82, 2.24) is 9.21 Å². The molecule has 0 radical (unpaired) electrons. The molecule has 2 heterocycles. The third-order valence-corrected chi connectivity index (χ3v) is 8.79. The second-order valence-corrected chi connectivity index (χ2v) is 10.8. The van der Waals surface area contributed by atoms with Gasteiger partial charge in [-0.25, -0.2) is 8.42 Å². The molecule has 0 bridgehead atoms. The van der Waals surface area contributed by atoms with Crippen LogP contribution in [0.4, 0.5) is 0 Å². The Morgan fingerprint density at radius 1 is 0.900 bits per heavy atom. The smallest absolute Gasteiger partial charge is 0.243 e. The number of hydrogen-bond donors (Lipinski definition) is 1. The number of rotatable bonds is 4. The van der Waals surface area contributed by atoms with Crippen molar-refractivity contribution in [1.29, 1.82) is 0 Å². The standard InChI is InChI=1S/C22H31N3O4S/c23-21(26)19-6-3-11-24(15-19)22(27)17-9-12-25(13-10-17)30(28,29)20-8-7-16-4-1-2-5-18(16)14-20/h7-8,14,17,19H,1-6,9-13,15H2,(H2,23,26)/t19-/m0/s1. The summed E-state index contributed by atoms with van der Waals surface area (Å²) < 4.78 is 27.8. The second kappa shape index (κ2) is 8.67. The van der Waals surface area contributed by atoms with Crippen LogP contribution in [0.15, 0.2) is 23.1 Å². The van der Waals surface area contributed by atoms with Gasteiger partial charge in [0, 0.05) is 32.1 Å². The van der Waals surface area contributed by atoms with E-state index in [0.717, 1.165) is 44.1 Å². The number of sulfonamides is 1. The number of piperidine rings is 2. The van der Waals surface area contributed by atoms with Gasteiger partial charge >= 0.3 is 0 Å². The van der Waals surface area contributed by atoms with E-state index in [1.54, 1.807) is 11.0 Å². The first-order valence-corrected chi connectivity index (χ1v) is 12.5. The lowest BCUT2D eigenvalue weighted by Crippen LogP contribution is -2.49. The van der Waals surface area contributed by atoms with E-state index in [9.17, 15) is 18.0 Å². The third-order valence-electron chi connectivity index (χ3n) is 6.90. The average Bonchev–Trinajstić information content (AvgIpc) is 2.78. The fraction of sp³-hybridized carbons (Fsp3) is 0.636. The first kappa shape index (κ1) is 21.3. The van der Waals surface area contributed by atoms with Gasteiger partial charge in [-0.2, -0.15) is 4.31 Å². The van der Waals surface area contributed by atoms with Crippen molar-refractivity contribution < 1.29 is 18.0 Å². The van der Waals surface area contributed by atoms with Crippen molar-refractivity contribution in [3.05, 3.63) is 29.3 Å². The minimum Gasteiger partial charge on any atom is -0.369 e. The van der Waals surface area contributed by atoms with Crippen LogP contribution in [0, 0.1) is 11.8 Å². The van der Waals surface area contributed by atoms with Gasteiger partial charge in [-0.3, -0.25) is 9.59 Å². The number of nitrogens with zero attached hydrogens (tertiary/aromatic N) is 2. The lowest BCUT2D eigenvalue weighted by atomic mass is 9.92. The number of benzene rings is 1. The molecule has 2 aliphatic heterocycles. The monoisotopic (exact) mass is 433 g/mol. The van der Waals surface area contributed by atoms with Gasteiger partial charge in [0.25, 0.3) is 0 Å². The number of carbonyl (C=O) groups is 2. The summed E-state index contributed by atoms with van der Waals surface area (Å²) >= 11 is 0. The topological polar surface area (TPSA) is 101 Å². The Bertz CT molecular complexity index is 922. The highest BCUT2D eigenvalue weighted by Crippen LogP contribution is 2.29. The Labute approximate surface area is 178 Å². The molecule has 164 valence electrons. The van der Waals surface area contributed by atoms with Crippen LogP contribution in [0.5, 0.6) is 0 Å². The maximum atomic E-state index is 13.1. The Balaban J connectivity index is 1.39. The molecule has 1 atom stereocenters. The number of primary amides is 1. The van der Waals surface area contributed by atoms with Gasteiger partial charge in [0.2, 0.25) is 21.8 Å². The van der Waals surface area contributed by atoms with Gasteiger partial charge < -0.3 is 10.6 Å². The van der Waals surface area contributed by atoms with Crippen LogP contribution in [0.2, 0.25) is 0 Å². The number of likely N-dealkylation sites (tertiary alicyclic amines) is 1. The van der Waals surface area contributed by atoms with Gasteiger partial charge in [0.1, 0.15) is 0 Å². The van der Waals surface area contributed by atoms with E-state index in [4.69, 9.17) is 5.73 Å². The molecule has 1 aromatic rings. The van der Waals surface area contributed by atoms with E-state index in [0.29, 0.717) is 43.9 Å². The van der Waals surface area contributed by atoms with Crippen LogP contribution in [-0.4, -0.2) is 55.6 Å². The van der Waals surface area contributed by atoms with Gasteiger partial charge in [-0.15, -0.1) is 0 Å². The van der Waals surface area contributed by atoms with Crippen LogP contribution in [0.25, 0.3) is 0 Å². The first-order chi connectivity index (χ1) is 14.4. The summed E-state index contributed by atoms with van der Waals surface area (Å²) in [7, 11) is -3.54. The molecule has 0 spiro atoms. The van der Waals surface area contributed by atoms with Crippen LogP contribution in [0.1, 0.15) is 49.7 Å². The van der Waals surface area contributed by atoms with Gasteiger partial charge in [-0.1, -0.05) is 6.07 Å². The van der Waals surface area contributed by atoms with E-state index in [1.165, 1.54) is 9.87 Å². The third kappa shape index (κ3) is 4.25. The molecule has 1 aromatic carbocycles. The van der Waals surface area contributed by atoms with Gasteiger partial charge in [0.05, 0.1) is 10.8 Å². The maximum Gasteiger partial charge on any atom is 0.243 e. The Morgan fingerprint density at radius 2 is 1.60 bits per heavy atom. The number of aryl methyl sites for hydroxylation is 2. The molecule has 2 fully saturated rings. The van der Waals surface area contributed by atoms with Crippen molar-refractivity contribution in [2.75, 3.05) is 26.2 Å². The lowest BCUT2D eigenvalue weighted by Gasteiger charge is -2.36. The Kier molecular flexibility index (Phi) is 6.16. The Morgan fingerprint density at radius 3 is 2.30 bits per heavy atom. The zero-order valence-electron chi connectivity index (χ0n) is 17.4. The molecule has 7 nitrogen and oxygen atoms in total. The summed E-state index contributed by atoms with van der Waals surface area (Å²) in [6.07, 6.45) is 6.78. The molecule has 0 unspecified atom stereocenters. The van der Waals surface area contributed by atoms with Crippen molar-refractivity contribution in [3.63, 3.8) is 0 Å². The van der Waals surface area contributed by atoms with E-state index in [-0.39, 0.29) is 23.7 Å². The SMILES string of the molecule is NC(=O)[C@H]1CCCN(C(=O)C2CCN(S(=O)(=O)c3ccc4c(c3)CCCC4)CC2)C1. The molecule has 2 amide bonds. The maximum absolute atomic E-state index is 13.1. The first-order valence-electron chi connectivity index (χ1n) is 11.1. The molecule has 2 saturated heterocycles. The normalized spacial score (nSPS) is 23.7. The predicted octanol–water partition coefficient (Wildman–Crippen LogP) is 1.69. The highest BCUT2D eigenvalue weighted by atomic mass is 32.2. The second-order valence-electron chi connectivity index (χ2n) is 8.84. The quantitative estimate of drug-likeness (QED) is 0.781. The zero-order chi connectivity index (χ0) is 21.3. The Hall–Kier alpha value is -1.93. The molecule has 30 heavy (non-hydrogen) atoms. The van der Waals surface area contributed by atoms with Crippen LogP contribution in [0.3, 0.4) is 0 Å². The number of hydrogen-bond acceptors (Lipinski definition) is 4. The average molecular weight is 434 g/mol. The predicted molar refractivity (Wildman–Crippen MR) is 113 cm³/mol. The van der Waals surface area contributed by atoms with Crippen LogP contribution >= 0.6 is 0 Å². The molecular formula is C22H31N3O4S. The molecule has 1 aliphatic carbocycles. The van der Waals surface area contributed by atoms with Gasteiger partial charge in [0.15, 0.2) is 0 Å². The number of amides is 2. The van der Waals surface area contributed by atoms with Crippen molar-refractivity contribution >= 4 is 21.8 Å². The summed E-state index contributed by atoms with van der Waals surface area (Å²) in [6.45, 7) is 1.74. The summed E-state index contributed by atoms with van der Waals surface area (Å²) in [4.78, 5) is 26.5. The summed E-state index contributed by atoms with van der Waals surface area (Å²) in [5.74, 6) is -0.774. The van der Waals surface area contributed by atoms with E-state index in [2.05, 4.69) is 0 Å². The van der Waals surface area contributed by atoms with E-state index in [1.807, 2.05) is 12.1 Å². The zero-order valence-corrected chi connectivity index (χ0v) is 18.2. The fourth-order valence-corrected chi connectivity index (χ4v) is 6.55. The van der Waals surface area contributed by atoms with Gasteiger partial charge in [-0.05, 0) is 74.6 Å². The number of fused-ring (bicyclic) bond motifs is 1. The largest absolute Gasteiger partial charge is 0.369 e. The van der Waals surface area contributed by atoms with Crippen molar-refractivity contribution in [2.24, 2.45) is 17.6 Å². The lowest BCUT2D eigenvalue weighted by molar-refractivity contribution is -0.139. The summed E-state index contributed by atoms with van der Waals surface area (Å²) in [5.41, 5.74) is 7.84. The molecule has 3 aliphatic rings. The molecule has 0 saturated carbocycles. The number of carbonyl (C=O) groups excluding carboxylic acids is 2. The summed E-state index contributed by atoms with van der Waals surface area (Å²) in [5, 5.41) is 0. The van der Waals surface area contributed by atoms with E-state index >= 15 is 0 Å². The number of nitrogens with two attached hydrogens (primary N) is 1. The van der Waals surface area contributed by atoms with E-state index < -0.39 is 10.0 Å². The molecule has 4 rings (SSSR count). The minimum absolute atomic E-state index is 0.0341. The molecule has 0 aromatic heterocycles. The van der Waals surface area contributed by atoms with Crippen molar-refractivity contribution in [3.8, 4) is 0 Å². The molecule has 2 N–H and O–H groups in total. The molecule has 8 heteroatoms. The van der Waals surface area contributed by atoms with Crippen molar-refractivity contribution in [2.45, 2.75) is 56.3 Å². The van der Waals surface area contributed by atoms with Crippen LogP contribution in [-0.2, 0) is 32.5 Å². The summed E-state index contributed by atoms with van der Waals surface area (Å²) in [6, 6.07) is 5.54. The van der Waals surface area contributed by atoms with Crippen LogP contribution < -0.4 is 5.73 Å². The highest BCUT2D eigenvalue weighted by molar-refractivity contribution is 7.89. The molecular weight excluding hydrogens is 402 g/mol. The fourth-order valence-electron chi connectivity index (χ4n) is 5.03. The minimum atomic E-state index is -3.54. The highest BCUT2D eigenvalue weighted by Gasteiger charge is 2.36.